The van der Waals surface area contributed by atoms with E-state index in [0.717, 1.165) is 0 Å². The van der Waals surface area contributed by atoms with Crippen LogP contribution in [-0.2, 0) is 6.54 Å². The number of hydrogen-bond donors (Lipinski definition) is 0. The van der Waals surface area contributed by atoms with E-state index < -0.39 is 4.92 Å². The molecule has 0 aromatic carbocycles. The first-order valence-electron chi connectivity index (χ1n) is 2.92. The fraction of sp³-hybridized carbons (Fsp3) is 0.167. The van der Waals surface area contributed by atoms with Gasteiger partial charge >= 0.3 is 0 Å². The largest absolute Gasteiger partial charge is 0.264 e. The zero-order chi connectivity index (χ0) is 8.27. The van der Waals surface area contributed by atoms with Crippen molar-refractivity contribution in [2.75, 3.05) is 0 Å². The Kier molecular flexibility index (Phi) is 2.53. The normalized spacial score (nSPS) is 9.55. The minimum atomic E-state index is -0.408. The molecule has 0 bridgehead atoms. The maximum Gasteiger partial charge on any atom is 0.245 e. The number of rotatable bonds is 2. The summed E-state index contributed by atoms with van der Waals surface area (Å²) in [5.74, 6) is 0. The van der Waals surface area contributed by atoms with E-state index in [1.807, 2.05) is 0 Å². The summed E-state index contributed by atoms with van der Waals surface area (Å²) >= 11 is 3.12. The van der Waals surface area contributed by atoms with Gasteiger partial charge in [0.25, 0.3) is 0 Å². The highest BCUT2D eigenvalue weighted by molar-refractivity contribution is 9.10. The zero-order valence-corrected chi connectivity index (χ0v) is 7.11. The lowest BCUT2D eigenvalue weighted by atomic mass is 10.4. The highest BCUT2D eigenvalue weighted by atomic mass is 79.9. The van der Waals surface area contributed by atoms with Crippen molar-refractivity contribution in [2.45, 2.75) is 6.54 Å². The molecule has 1 aromatic heterocycles. The van der Waals surface area contributed by atoms with E-state index in [4.69, 9.17) is 0 Å². The monoisotopic (exact) mass is 216 g/mol. The second-order valence-corrected chi connectivity index (χ2v) is 2.75. The maximum atomic E-state index is 10.0. The van der Waals surface area contributed by atoms with Crippen molar-refractivity contribution in [3.8, 4) is 0 Å². The third kappa shape index (κ3) is 2.63. The molecule has 5 heteroatoms. The van der Waals surface area contributed by atoms with Crippen molar-refractivity contribution in [2.24, 2.45) is 0 Å². The van der Waals surface area contributed by atoms with E-state index in [9.17, 15) is 10.1 Å². The van der Waals surface area contributed by atoms with Crippen LogP contribution < -0.4 is 0 Å². The maximum absolute atomic E-state index is 10.0. The van der Waals surface area contributed by atoms with Crippen molar-refractivity contribution in [3.63, 3.8) is 0 Å². The summed E-state index contributed by atoms with van der Waals surface area (Å²) < 4.78 is 0.622. The topological polar surface area (TPSA) is 56.0 Å². The fourth-order valence-corrected chi connectivity index (χ4v) is 1.05. The van der Waals surface area contributed by atoms with Gasteiger partial charge in [0.2, 0.25) is 6.54 Å². The lowest BCUT2D eigenvalue weighted by Gasteiger charge is -1.93. The average Bonchev–Trinajstić information content (AvgIpc) is 1.85. The molecule has 0 amide bonds. The van der Waals surface area contributed by atoms with Crippen LogP contribution in [0.15, 0.2) is 22.8 Å². The highest BCUT2D eigenvalue weighted by Crippen LogP contribution is 2.06. The van der Waals surface area contributed by atoms with Gasteiger partial charge in [0, 0.05) is 4.92 Å². The molecular weight excluding hydrogens is 212 g/mol. The molecule has 0 atom stereocenters. The van der Waals surface area contributed by atoms with E-state index in [1.54, 1.807) is 18.2 Å². The molecule has 4 nitrogen and oxygen atoms in total. The van der Waals surface area contributed by atoms with Gasteiger partial charge in [-0.25, -0.2) is 4.98 Å². The van der Waals surface area contributed by atoms with Gasteiger partial charge in [-0.1, -0.05) is 6.07 Å². The Morgan fingerprint density at radius 3 is 2.91 bits per heavy atom. The van der Waals surface area contributed by atoms with E-state index in [-0.39, 0.29) is 6.54 Å². The molecule has 0 unspecified atom stereocenters. The summed E-state index contributed by atoms with van der Waals surface area (Å²) in [5.41, 5.74) is 0.462. The Morgan fingerprint density at radius 1 is 1.64 bits per heavy atom. The Labute approximate surface area is 71.5 Å². The van der Waals surface area contributed by atoms with Crippen molar-refractivity contribution >= 4 is 15.9 Å². The van der Waals surface area contributed by atoms with Gasteiger partial charge in [0.05, 0.1) is 0 Å². The molecule has 58 valence electrons. The van der Waals surface area contributed by atoms with Crippen molar-refractivity contribution in [3.05, 3.63) is 38.6 Å². The molecule has 0 spiro atoms. The molecule has 0 radical (unpaired) electrons. The first-order valence-corrected chi connectivity index (χ1v) is 3.71. The minimum absolute atomic E-state index is 0.223. The van der Waals surface area contributed by atoms with Crippen LogP contribution in [0, 0.1) is 10.1 Å². The number of halogens is 1. The van der Waals surface area contributed by atoms with Crippen molar-refractivity contribution in [1.82, 2.24) is 4.98 Å². The molecule has 0 N–H and O–H groups in total. The lowest BCUT2D eigenvalue weighted by Crippen LogP contribution is -2.00. The van der Waals surface area contributed by atoms with Gasteiger partial charge in [0.15, 0.2) is 0 Å². The van der Waals surface area contributed by atoms with E-state index >= 15 is 0 Å². The molecular formula is C6H5BrN2O2. The summed E-state index contributed by atoms with van der Waals surface area (Å²) in [6.45, 7) is -0.223. The summed E-state index contributed by atoms with van der Waals surface area (Å²) in [6, 6.07) is 5.06. The minimum Gasteiger partial charge on any atom is -0.264 e. The quantitative estimate of drug-likeness (QED) is 0.429. The van der Waals surface area contributed by atoms with E-state index in [1.165, 1.54) is 0 Å². The number of hydrogen-bond acceptors (Lipinski definition) is 3. The van der Waals surface area contributed by atoms with Crippen LogP contribution in [0.3, 0.4) is 0 Å². The summed E-state index contributed by atoms with van der Waals surface area (Å²) in [4.78, 5) is 13.5. The highest BCUT2D eigenvalue weighted by Gasteiger charge is 2.01. The molecule has 1 heterocycles. The first kappa shape index (κ1) is 8.13. The van der Waals surface area contributed by atoms with Crippen molar-refractivity contribution in [1.29, 1.82) is 0 Å². The van der Waals surface area contributed by atoms with Crippen LogP contribution in [0.4, 0.5) is 0 Å². The number of nitrogens with zero attached hydrogens (tertiary/aromatic N) is 2. The molecule has 0 saturated heterocycles. The SMILES string of the molecule is O=[N+]([O-])Cc1cccc(Br)n1. The lowest BCUT2D eigenvalue weighted by molar-refractivity contribution is -0.497. The predicted molar refractivity (Wildman–Crippen MR) is 42.6 cm³/mol. The van der Waals surface area contributed by atoms with Gasteiger partial charge in [-0.15, -0.1) is 0 Å². The van der Waals surface area contributed by atoms with E-state index in [2.05, 4.69) is 20.9 Å². The Balaban J connectivity index is 2.79. The summed E-state index contributed by atoms with van der Waals surface area (Å²) in [7, 11) is 0. The van der Waals surface area contributed by atoms with Crippen molar-refractivity contribution < 1.29 is 4.92 Å². The smallest absolute Gasteiger partial charge is 0.245 e. The van der Waals surface area contributed by atoms with Gasteiger partial charge in [0.1, 0.15) is 10.3 Å². The molecule has 0 aliphatic heterocycles. The average molecular weight is 217 g/mol. The fourth-order valence-electron chi connectivity index (χ4n) is 0.671. The van der Waals surface area contributed by atoms with Gasteiger partial charge in [-0.05, 0) is 28.1 Å². The molecule has 1 aromatic rings. The third-order valence-electron chi connectivity index (χ3n) is 1.06. The number of pyridine rings is 1. The second kappa shape index (κ2) is 3.43. The summed E-state index contributed by atoms with van der Waals surface area (Å²) in [6.07, 6.45) is 0. The molecule has 0 saturated carbocycles. The second-order valence-electron chi connectivity index (χ2n) is 1.94. The van der Waals surface area contributed by atoms with Crippen LogP contribution in [0.1, 0.15) is 5.69 Å². The first-order chi connectivity index (χ1) is 5.18. The number of aromatic nitrogens is 1. The number of nitro groups is 1. The molecule has 11 heavy (non-hydrogen) atoms. The van der Waals surface area contributed by atoms with Gasteiger partial charge in [-0.2, -0.15) is 0 Å². The summed E-state index contributed by atoms with van der Waals surface area (Å²) in [5, 5.41) is 10.0. The van der Waals surface area contributed by atoms with E-state index in [0.29, 0.717) is 10.3 Å². The Bertz CT molecular complexity index is 277. The van der Waals surface area contributed by atoms with Crippen LogP contribution in [0.25, 0.3) is 0 Å². The standard InChI is InChI=1S/C6H5BrN2O2/c7-6-3-1-2-5(8-6)4-9(10)11/h1-3H,4H2. The third-order valence-corrected chi connectivity index (χ3v) is 1.51. The molecule has 1 rings (SSSR count). The van der Waals surface area contributed by atoms with Crippen LogP contribution in [0.2, 0.25) is 0 Å². The van der Waals surface area contributed by atoms with Crippen LogP contribution >= 0.6 is 15.9 Å². The Morgan fingerprint density at radius 2 is 2.36 bits per heavy atom. The van der Waals surface area contributed by atoms with Crippen LogP contribution in [0.5, 0.6) is 0 Å². The molecule has 0 aliphatic carbocycles. The van der Waals surface area contributed by atoms with Gasteiger partial charge in [-0.3, -0.25) is 10.1 Å². The predicted octanol–water partition coefficient (Wildman–Crippen LogP) is 1.62. The molecule has 0 fully saturated rings. The van der Waals surface area contributed by atoms with Gasteiger partial charge < -0.3 is 0 Å². The van der Waals surface area contributed by atoms with Crippen LogP contribution in [-0.4, -0.2) is 9.91 Å². The zero-order valence-electron chi connectivity index (χ0n) is 5.53. The molecule has 0 aliphatic rings. The Hall–Kier alpha value is -0.970.